The fraction of sp³-hybridized carbons (Fsp3) is 0.736. The number of carbonyl (C=O) groups is 10. The van der Waals surface area contributed by atoms with Gasteiger partial charge in [-0.25, -0.2) is 0 Å². The Hall–Kier alpha value is -6.95. The average molecular weight is 2030 g/mol. The quantitative estimate of drug-likeness (QED) is 0.0189. The molecule has 0 radical (unpaired) electrons. The zero-order valence-corrected chi connectivity index (χ0v) is 87.4. The van der Waals surface area contributed by atoms with Gasteiger partial charge in [-0.2, -0.15) is 0 Å². The lowest BCUT2D eigenvalue weighted by atomic mass is 9.73. The van der Waals surface area contributed by atoms with E-state index in [9.17, 15) is 47.9 Å². The van der Waals surface area contributed by atoms with Gasteiger partial charge in [0.25, 0.3) is 0 Å². The molecule has 10 fully saturated rings. The number of rotatable bonds is 24. The molecular formula is C106H174IN5O24. The Labute approximate surface area is 827 Å². The number of ether oxygens (including phenoxy) is 12. The molecule has 774 valence electrons. The molecule has 8 aliphatic carbocycles. The van der Waals surface area contributed by atoms with E-state index >= 15 is 0 Å². The van der Waals surface area contributed by atoms with Crippen LogP contribution in [-0.4, -0.2) is 203 Å². The van der Waals surface area contributed by atoms with Gasteiger partial charge in [-0.05, 0) is 273 Å². The first kappa shape index (κ1) is 123. The van der Waals surface area contributed by atoms with Gasteiger partial charge in [0.1, 0.15) is 11.6 Å². The fourth-order valence-corrected chi connectivity index (χ4v) is 17.7. The van der Waals surface area contributed by atoms with E-state index in [1.807, 2.05) is 130 Å². The van der Waals surface area contributed by atoms with Crippen molar-refractivity contribution in [3.8, 4) is 0 Å². The molecule has 29 nitrogen and oxygen atoms in total. The van der Waals surface area contributed by atoms with Crippen molar-refractivity contribution in [2.75, 3.05) is 97.4 Å². The summed E-state index contributed by atoms with van der Waals surface area (Å²) >= 11 is 2.15. The molecule has 3 aromatic rings. The van der Waals surface area contributed by atoms with Crippen molar-refractivity contribution in [2.24, 2.45) is 61.5 Å². The van der Waals surface area contributed by atoms with Crippen LogP contribution in [0.2, 0.25) is 0 Å². The van der Waals surface area contributed by atoms with Gasteiger partial charge >= 0.3 is 47.8 Å². The maximum atomic E-state index is 12.0. The van der Waals surface area contributed by atoms with Crippen molar-refractivity contribution in [3.05, 3.63) is 108 Å². The smallest absolute Gasteiger partial charge is 0.311 e. The number of Topliss-reactive ketones (excluding diaryl/α,β-unsaturated/α-hetero) is 2. The molecule has 3 aromatic carbocycles. The van der Waals surface area contributed by atoms with Crippen molar-refractivity contribution >= 4 is 81.9 Å². The second-order valence-electron chi connectivity index (χ2n) is 38.1. The highest BCUT2D eigenvalue weighted by atomic mass is 127. The Balaban J connectivity index is 0.000000394. The summed E-state index contributed by atoms with van der Waals surface area (Å²) in [5.74, 6) is -0.800. The second-order valence-corrected chi connectivity index (χ2v) is 38.1. The van der Waals surface area contributed by atoms with Crippen LogP contribution in [0.5, 0.6) is 0 Å². The number of esters is 8. The van der Waals surface area contributed by atoms with E-state index in [2.05, 4.69) is 81.8 Å². The van der Waals surface area contributed by atoms with Gasteiger partial charge in [0, 0.05) is 95.2 Å². The predicted octanol–water partition coefficient (Wildman–Crippen LogP) is 17.0. The summed E-state index contributed by atoms with van der Waals surface area (Å²) in [6.45, 7) is 35.2. The highest BCUT2D eigenvalue weighted by molar-refractivity contribution is 14.1. The summed E-state index contributed by atoms with van der Waals surface area (Å²) < 4.78 is 62.9. The molecule has 0 unspecified atom stereocenters. The van der Waals surface area contributed by atoms with Crippen LogP contribution in [0.3, 0.4) is 0 Å². The first-order valence-electron chi connectivity index (χ1n) is 50.3. The lowest BCUT2D eigenvalue weighted by molar-refractivity contribution is -0.197. The lowest BCUT2D eigenvalue weighted by Gasteiger charge is -2.39. The van der Waals surface area contributed by atoms with Crippen LogP contribution in [0.1, 0.15) is 319 Å². The number of ketones is 2. The van der Waals surface area contributed by atoms with Crippen LogP contribution in [0, 0.1) is 44.3 Å². The maximum absolute atomic E-state index is 12.0. The van der Waals surface area contributed by atoms with E-state index in [0.29, 0.717) is 149 Å². The third-order valence-electron chi connectivity index (χ3n) is 27.3. The Morgan fingerprint density at radius 1 is 0.331 bits per heavy atom. The molecule has 10 aliphatic rings. The Morgan fingerprint density at radius 3 is 0.838 bits per heavy atom. The number of halogens is 1. The molecule has 2 aliphatic heterocycles. The number of hydrogen-bond acceptors (Lipinski definition) is 29. The van der Waals surface area contributed by atoms with Gasteiger partial charge in [0.05, 0.1) is 137 Å². The van der Waals surface area contributed by atoms with Crippen molar-refractivity contribution in [3.63, 3.8) is 0 Å². The molecule has 13 rings (SSSR count). The zero-order chi connectivity index (χ0) is 101. The Kier molecular flexibility index (Phi) is 60.4. The number of hydrogen-bond donors (Lipinski definition) is 7. The molecule has 2 saturated heterocycles. The number of nitrogens with one attached hydrogen (secondary N) is 2. The molecule has 2 spiro atoms. The number of carbonyl (C=O) groups excluding carboxylic acids is 10. The summed E-state index contributed by atoms with van der Waals surface area (Å²) in [6.07, 6.45) is 26.3. The molecule has 8 saturated carbocycles. The Morgan fingerprint density at radius 2 is 0.574 bits per heavy atom. The molecule has 136 heavy (non-hydrogen) atoms. The first-order valence-corrected chi connectivity index (χ1v) is 52.5. The molecule has 10 N–H and O–H groups in total. The van der Waals surface area contributed by atoms with E-state index in [1.165, 1.54) is 16.7 Å². The number of aliphatic hydroxyl groups excluding tert-OH is 2. The SMILES string of the molecule is CCOC(=O)C1(C)CCC(=O)CC1.CCOC(=O)C1(C)CCC(N)CC1.CCOC(=O)C1(C)CCC(N)CC1.CCOC(=O)C1(C)CCC(NCc2ccccc2)CC1.CCOC(=O)C1(C)CCC(NCc2ccccc2)CC1.CCOC(=O)C1(C)CCC2(CC1)OCCO2.CCOC(=O)C1CCC(=O)CC1.CCOC(=O)C1CCC2(CC1)OCCO2.CI.NCc1ccccc1.OCCO. The third-order valence-corrected chi connectivity index (χ3v) is 27.3. The summed E-state index contributed by atoms with van der Waals surface area (Å²) in [7, 11) is 0. The van der Waals surface area contributed by atoms with Crippen LogP contribution in [0.25, 0.3) is 0 Å². The highest BCUT2D eigenvalue weighted by Gasteiger charge is 2.49. The van der Waals surface area contributed by atoms with Gasteiger partial charge in [-0.3, -0.25) is 47.9 Å². The van der Waals surface area contributed by atoms with E-state index < -0.39 is 11.2 Å². The summed E-state index contributed by atoms with van der Waals surface area (Å²) in [5, 5.41) is 22.4. The van der Waals surface area contributed by atoms with Gasteiger partial charge in [0.15, 0.2) is 11.6 Å². The molecule has 2 heterocycles. The van der Waals surface area contributed by atoms with Crippen molar-refractivity contribution < 1.29 is 115 Å². The molecule has 0 bridgehead atoms. The standard InChI is InChI=1S/2C17H25NO2.C12H20O4.C11H18O4.2C10H19NO2.C10H16O3.C9H14O3.C7H9N.C2H6O2.CH3I/c2*1-3-20-16(19)17(2)11-9-15(10-12-17)18-13-14-7-5-4-6-8-14;1-3-14-10(13)11(2)4-6-12(7-5-11)15-8-9-16-12;1-2-13-10(12)9-3-5-11(6-4-9)14-7-8-15-11;3*1-3-13-9(12)10(2)6-4-8(11)5-7-10;1-2-12-9(11)7-3-5-8(10)6-4-7;8-6-7-4-2-1-3-5-7;3-1-2-4;1-2/h2*4-8,15,18H,3,9-13H2,1-2H3;3-9H2,1-2H3;9H,2-8H2,1H3;2*8H,3-7,11H2,1-2H3;3-7H2,1-2H3;7H,2-6H2,1H3;1-5H,6,8H2;3-4H,1-2H2;1H3. The van der Waals surface area contributed by atoms with Crippen LogP contribution in [0.4, 0.5) is 0 Å². The van der Waals surface area contributed by atoms with Gasteiger partial charge in [-0.1, -0.05) is 114 Å². The van der Waals surface area contributed by atoms with Crippen LogP contribution in [0.15, 0.2) is 91.0 Å². The second kappa shape index (κ2) is 66.7. The largest absolute Gasteiger partial charge is 0.466 e. The minimum Gasteiger partial charge on any atom is -0.466 e. The van der Waals surface area contributed by atoms with Gasteiger partial charge < -0.3 is 94.9 Å². The molecular weight excluding hydrogens is 1850 g/mol. The van der Waals surface area contributed by atoms with Crippen LogP contribution < -0.4 is 27.8 Å². The van der Waals surface area contributed by atoms with E-state index in [-0.39, 0.29) is 129 Å². The van der Waals surface area contributed by atoms with E-state index in [1.54, 1.807) is 13.8 Å². The topological polar surface area (TPSA) is 424 Å². The normalized spacial score (nSPS) is 25.2. The van der Waals surface area contributed by atoms with Crippen molar-refractivity contribution in [1.82, 2.24) is 10.6 Å². The maximum Gasteiger partial charge on any atom is 0.311 e. The third kappa shape index (κ3) is 44.9. The minimum atomic E-state index is -0.413. The Bertz CT molecular complexity index is 3670. The number of alkyl halides is 1. The minimum absolute atomic E-state index is 0.0253. The lowest BCUT2D eigenvalue weighted by Crippen LogP contribution is -2.42. The highest BCUT2D eigenvalue weighted by Crippen LogP contribution is 2.47. The number of nitrogens with two attached hydrogens (primary N) is 3. The number of aliphatic hydroxyl groups is 2. The van der Waals surface area contributed by atoms with Gasteiger partial charge in [-0.15, -0.1) is 0 Å². The summed E-state index contributed by atoms with van der Waals surface area (Å²) in [5.41, 5.74) is 18.9. The van der Waals surface area contributed by atoms with Crippen molar-refractivity contribution in [2.45, 2.75) is 358 Å². The monoisotopic (exact) mass is 2030 g/mol. The zero-order valence-electron chi connectivity index (χ0n) is 85.3. The molecule has 30 heteroatoms. The van der Waals surface area contributed by atoms with E-state index in [0.717, 1.165) is 167 Å². The summed E-state index contributed by atoms with van der Waals surface area (Å²) in [6, 6.07) is 32.5. The molecule has 0 amide bonds. The van der Waals surface area contributed by atoms with Gasteiger partial charge in [0.2, 0.25) is 0 Å². The summed E-state index contributed by atoms with van der Waals surface area (Å²) in [4.78, 5) is 117. The van der Waals surface area contributed by atoms with Crippen LogP contribution in [-0.2, 0) is 124 Å². The number of benzene rings is 3. The predicted molar refractivity (Wildman–Crippen MR) is 534 cm³/mol. The molecule has 0 atom stereocenters. The molecule has 0 aromatic heterocycles. The first-order chi connectivity index (χ1) is 65.0. The van der Waals surface area contributed by atoms with E-state index in [4.69, 9.17) is 84.3 Å². The van der Waals surface area contributed by atoms with Crippen molar-refractivity contribution in [1.29, 1.82) is 0 Å². The van der Waals surface area contributed by atoms with Crippen LogP contribution >= 0.6 is 22.6 Å². The fourth-order valence-electron chi connectivity index (χ4n) is 17.7. The average Bonchev–Trinajstić information content (AvgIpc) is 1.60.